The van der Waals surface area contributed by atoms with E-state index < -0.39 is 5.82 Å². The highest BCUT2D eigenvalue weighted by molar-refractivity contribution is 8.03. The first-order chi connectivity index (χ1) is 10.6. The van der Waals surface area contributed by atoms with Crippen molar-refractivity contribution in [3.05, 3.63) is 56.5 Å². The van der Waals surface area contributed by atoms with Gasteiger partial charge in [0.2, 0.25) is 0 Å². The van der Waals surface area contributed by atoms with Gasteiger partial charge in [0.1, 0.15) is 5.82 Å². The van der Waals surface area contributed by atoms with Gasteiger partial charge in [0.05, 0.1) is 5.02 Å². The monoisotopic (exact) mass is 335 g/mol. The number of halogens is 2. The molecule has 0 fully saturated rings. The molecule has 1 aromatic rings. The van der Waals surface area contributed by atoms with Gasteiger partial charge in [-0.05, 0) is 37.0 Å². The number of thioether (sulfide) groups is 1. The largest absolute Gasteiger partial charge is 0.361 e. The number of carbonyl (C=O) groups excluding carboxylic acids is 1. The first-order valence-electron chi connectivity index (χ1n) is 7.49. The lowest BCUT2D eigenvalue weighted by molar-refractivity contribution is -0.116. The maximum absolute atomic E-state index is 13.5. The van der Waals surface area contributed by atoms with Gasteiger partial charge in [0, 0.05) is 40.0 Å². The standard InChI is InChI=1S/C17H15ClFNOS/c18-10-8-9(4-5-11(10)19)15-16-12(2-1-3-14(16)21)20-13-6-7-22-17(13)15/h4-5,8,15,20H,1-3,6-7H2. The van der Waals surface area contributed by atoms with Crippen molar-refractivity contribution in [3.63, 3.8) is 0 Å². The molecular weight excluding hydrogens is 321 g/mol. The molecule has 22 heavy (non-hydrogen) atoms. The van der Waals surface area contributed by atoms with Crippen LogP contribution in [0.15, 0.2) is 40.1 Å². The van der Waals surface area contributed by atoms with Gasteiger partial charge in [-0.25, -0.2) is 4.39 Å². The van der Waals surface area contributed by atoms with Crippen LogP contribution in [-0.4, -0.2) is 11.5 Å². The topological polar surface area (TPSA) is 29.1 Å². The Hall–Kier alpha value is -1.26. The zero-order valence-electron chi connectivity index (χ0n) is 11.9. The number of nitrogens with one attached hydrogen (secondary N) is 1. The zero-order valence-corrected chi connectivity index (χ0v) is 13.5. The molecule has 4 rings (SSSR count). The van der Waals surface area contributed by atoms with E-state index in [2.05, 4.69) is 5.32 Å². The SMILES string of the molecule is O=C1CCCC2=C1C(c1ccc(F)c(Cl)c1)C1=C(CCS1)N2. The minimum absolute atomic E-state index is 0.0790. The van der Waals surface area contributed by atoms with Gasteiger partial charge in [0.15, 0.2) is 5.78 Å². The molecule has 1 unspecified atom stereocenters. The number of dihydropyridines is 1. The lowest BCUT2D eigenvalue weighted by Crippen LogP contribution is -2.30. The van der Waals surface area contributed by atoms with Crippen LogP contribution >= 0.6 is 23.4 Å². The summed E-state index contributed by atoms with van der Waals surface area (Å²) in [5.41, 5.74) is 4.06. The van der Waals surface area contributed by atoms with Gasteiger partial charge in [-0.3, -0.25) is 4.79 Å². The Morgan fingerprint density at radius 2 is 2.09 bits per heavy atom. The maximum Gasteiger partial charge on any atom is 0.161 e. The highest BCUT2D eigenvalue weighted by Gasteiger charge is 2.38. The molecule has 5 heteroatoms. The molecule has 0 aromatic heterocycles. The van der Waals surface area contributed by atoms with Gasteiger partial charge < -0.3 is 5.32 Å². The number of hydrogen-bond acceptors (Lipinski definition) is 3. The summed E-state index contributed by atoms with van der Waals surface area (Å²) in [6.07, 6.45) is 3.40. The van der Waals surface area contributed by atoms with Crippen LogP contribution in [0.4, 0.5) is 4.39 Å². The van der Waals surface area contributed by atoms with Crippen molar-refractivity contribution in [3.8, 4) is 0 Å². The molecule has 1 aromatic carbocycles. The Bertz CT molecular complexity index is 740. The third kappa shape index (κ3) is 2.20. The Kier molecular flexibility index (Phi) is 3.54. The second-order valence-electron chi connectivity index (χ2n) is 5.84. The third-order valence-corrected chi connectivity index (χ3v) is 5.98. The third-order valence-electron chi connectivity index (χ3n) is 4.49. The molecule has 1 atom stereocenters. The van der Waals surface area contributed by atoms with E-state index in [-0.39, 0.29) is 16.7 Å². The van der Waals surface area contributed by atoms with Crippen molar-refractivity contribution < 1.29 is 9.18 Å². The number of carbonyl (C=O) groups is 1. The number of ketones is 1. The number of Topliss-reactive ketones (excluding diaryl/α,β-unsaturated/α-hetero) is 1. The Morgan fingerprint density at radius 1 is 1.23 bits per heavy atom. The van der Waals surface area contributed by atoms with Crippen LogP contribution in [-0.2, 0) is 4.79 Å². The minimum Gasteiger partial charge on any atom is -0.361 e. The predicted molar refractivity (Wildman–Crippen MR) is 87.3 cm³/mol. The van der Waals surface area contributed by atoms with Gasteiger partial charge >= 0.3 is 0 Å². The van der Waals surface area contributed by atoms with Crippen LogP contribution < -0.4 is 5.32 Å². The molecule has 2 aliphatic heterocycles. The van der Waals surface area contributed by atoms with Crippen molar-refractivity contribution in [2.24, 2.45) is 0 Å². The molecule has 2 heterocycles. The fourth-order valence-electron chi connectivity index (χ4n) is 3.51. The van der Waals surface area contributed by atoms with E-state index in [0.29, 0.717) is 6.42 Å². The molecular formula is C17H15ClFNOS. The number of rotatable bonds is 1. The molecule has 0 saturated heterocycles. The van der Waals surface area contributed by atoms with Crippen LogP contribution in [0.5, 0.6) is 0 Å². The first kappa shape index (κ1) is 14.3. The Morgan fingerprint density at radius 3 is 2.91 bits per heavy atom. The summed E-state index contributed by atoms with van der Waals surface area (Å²) in [6, 6.07) is 4.82. The quantitative estimate of drug-likeness (QED) is 0.818. The van der Waals surface area contributed by atoms with Gasteiger partial charge in [-0.1, -0.05) is 17.7 Å². The number of allylic oxidation sites excluding steroid dienone is 4. The van der Waals surface area contributed by atoms with Crippen molar-refractivity contribution in [1.29, 1.82) is 0 Å². The second-order valence-corrected chi connectivity index (χ2v) is 7.39. The van der Waals surface area contributed by atoms with E-state index in [1.165, 1.54) is 16.7 Å². The fourth-order valence-corrected chi connectivity index (χ4v) is 4.97. The van der Waals surface area contributed by atoms with E-state index in [4.69, 9.17) is 11.6 Å². The summed E-state index contributed by atoms with van der Waals surface area (Å²) >= 11 is 7.76. The van der Waals surface area contributed by atoms with Crippen LogP contribution in [0.25, 0.3) is 0 Å². The van der Waals surface area contributed by atoms with Gasteiger partial charge in [-0.15, -0.1) is 11.8 Å². The fraction of sp³-hybridized carbons (Fsp3) is 0.353. The normalized spacial score (nSPS) is 24.3. The number of benzene rings is 1. The Balaban J connectivity index is 1.87. The molecule has 0 amide bonds. The van der Waals surface area contributed by atoms with Crippen molar-refractivity contribution in [2.45, 2.75) is 31.6 Å². The van der Waals surface area contributed by atoms with Crippen molar-refractivity contribution in [1.82, 2.24) is 5.32 Å². The van der Waals surface area contributed by atoms with E-state index in [1.54, 1.807) is 23.9 Å². The Labute approximate surface area is 137 Å². The van der Waals surface area contributed by atoms with E-state index in [9.17, 15) is 9.18 Å². The van der Waals surface area contributed by atoms with E-state index in [1.807, 2.05) is 0 Å². The molecule has 0 saturated carbocycles. The van der Waals surface area contributed by atoms with Crippen molar-refractivity contribution in [2.75, 3.05) is 5.75 Å². The average molecular weight is 336 g/mol. The lowest BCUT2D eigenvalue weighted by Gasteiger charge is -2.33. The maximum atomic E-state index is 13.5. The molecule has 1 aliphatic carbocycles. The summed E-state index contributed by atoms with van der Waals surface area (Å²) < 4.78 is 13.5. The van der Waals surface area contributed by atoms with Gasteiger partial charge in [0.25, 0.3) is 0 Å². The predicted octanol–water partition coefficient (Wildman–Crippen LogP) is 4.52. The first-order valence-corrected chi connectivity index (χ1v) is 8.85. The molecule has 0 spiro atoms. The molecule has 0 bridgehead atoms. The summed E-state index contributed by atoms with van der Waals surface area (Å²) in [5, 5.41) is 3.60. The number of hydrogen-bond donors (Lipinski definition) is 1. The molecule has 0 radical (unpaired) electrons. The van der Waals surface area contributed by atoms with Crippen LogP contribution in [0, 0.1) is 5.82 Å². The van der Waals surface area contributed by atoms with Crippen LogP contribution in [0.2, 0.25) is 5.02 Å². The second kappa shape index (κ2) is 5.43. The summed E-state index contributed by atoms with van der Waals surface area (Å²) in [4.78, 5) is 13.7. The van der Waals surface area contributed by atoms with E-state index in [0.717, 1.165) is 41.8 Å². The molecule has 3 aliphatic rings. The minimum atomic E-state index is -0.420. The van der Waals surface area contributed by atoms with E-state index >= 15 is 0 Å². The van der Waals surface area contributed by atoms with Crippen LogP contribution in [0.1, 0.15) is 37.2 Å². The summed E-state index contributed by atoms with van der Waals surface area (Å²) in [5.74, 6) is 0.734. The highest BCUT2D eigenvalue weighted by atomic mass is 35.5. The molecule has 1 N–H and O–H groups in total. The zero-order chi connectivity index (χ0) is 15.3. The smallest absolute Gasteiger partial charge is 0.161 e. The van der Waals surface area contributed by atoms with Crippen molar-refractivity contribution >= 4 is 29.1 Å². The van der Waals surface area contributed by atoms with Crippen LogP contribution in [0.3, 0.4) is 0 Å². The average Bonchev–Trinajstić information content (AvgIpc) is 2.96. The lowest BCUT2D eigenvalue weighted by atomic mass is 9.79. The highest BCUT2D eigenvalue weighted by Crippen LogP contribution is 2.50. The molecule has 114 valence electrons. The molecule has 2 nitrogen and oxygen atoms in total. The van der Waals surface area contributed by atoms with Gasteiger partial charge in [-0.2, -0.15) is 0 Å². The summed E-state index contributed by atoms with van der Waals surface area (Å²) in [6.45, 7) is 0. The summed E-state index contributed by atoms with van der Waals surface area (Å²) in [7, 11) is 0.